The highest BCUT2D eigenvalue weighted by Crippen LogP contribution is 2.31. The second kappa shape index (κ2) is 27.5. The first-order valence-electron chi connectivity index (χ1n) is 19.0. The van der Waals surface area contributed by atoms with E-state index in [0.29, 0.717) is 30.9 Å². The molecule has 2 saturated heterocycles. The molecule has 8 unspecified atom stereocenters. The standard InChI is InChI=1S/C19H38N2O4.C14H24O3.C3H6O.C2H8N2/c1-7-8-9-10-11-14(2)12-17(16(4)19(24)25)18(23)20-21(5,6)13-15(3)22;1-4-5-6-7-8-10(2)9-12-11(3)13(15)17-14(12)16;1-3-2-4-3;1-4(2)3/h14-17,22H,7-13H2,1-6H3,(H-,20,23,24,25);10-12H,4-9H2,1-3H3;3H,2H2,1H3;3H2,1-2H3/p+1. The Bertz CT molecular complexity index is 939. The Morgan fingerprint density at radius 1 is 0.920 bits per heavy atom. The number of aliphatic carboxylic acids is 1. The number of epoxide rings is 1. The zero-order valence-electron chi connectivity index (χ0n) is 33.8. The Kier molecular flexibility index (Phi) is 27.5. The van der Waals surface area contributed by atoms with E-state index in [9.17, 15) is 29.4 Å². The van der Waals surface area contributed by atoms with E-state index in [1.165, 1.54) is 50.0 Å². The normalized spacial score (nSPS) is 21.1. The number of nitrogens with two attached hydrogens (primary N) is 1. The SMILES string of the molecule is CC1CO1.CCCCCCC(C)CC(C(=O)N[N+](C)(C)CC(C)O)C(C)C(=O)O.CCCCCCC(C)CC1C(=O)OC(=O)C1C.CN(C)N. The number of rotatable bonds is 20. The molecule has 0 aromatic heterocycles. The van der Waals surface area contributed by atoms with Gasteiger partial charge in [0.05, 0.1) is 50.5 Å². The van der Waals surface area contributed by atoms with Crippen molar-refractivity contribution in [3.05, 3.63) is 0 Å². The number of nitrogens with zero attached hydrogens (tertiary/aromatic N) is 2. The highest BCUT2D eigenvalue weighted by atomic mass is 16.6. The van der Waals surface area contributed by atoms with Crippen molar-refractivity contribution in [3.63, 3.8) is 0 Å². The molecule has 2 aliphatic rings. The van der Waals surface area contributed by atoms with E-state index in [0.717, 1.165) is 32.3 Å². The smallest absolute Gasteiger partial charge is 0.317 e. The van der Waals surface area contributed by atoms with E-state index < -0.39 is 23.9 Å². The number of aliphatic hydroxyl groups is 1. The number of likely N-dealkylation sites (N-methyl/N-ethyl adjacent to an activating group) is 1. The van der Waals surface area contributed by atoms with Gasteiger partial charge in [0, 0.05) is 14.1 Å². The summed E-state index contributed by atoms with van der Waals surface area (Å²) in [5, 5.41) is 20.4. The fourth-order valence-electron chi connectivity index (χ4n) is 5.77. The van der Waals surface area contributed by atoms with Crippen LogP contribution in [0, 0.1) is 35.5 Å². The fourth-order valence-corrected chi connectivity index (χ4v) is 5.77. The van der Waals surface area contributed by atoms with Crippen LogP contribution >= 0.6 is 0 Å². The molecule has 1 amide bonds. The van der Waals surface area contributed by atoms with Gasteiger partial charge in [0.25, 0.3) is 5.91 Å². The van der Waals surface area contributed by atoms with Crippen LogP contribution in [0.3, 0.4) is 0 Å². The molecule has 296 valence electrons. The second-order valence-electron chi connectivity index (χ2n) is 15.5. The van der Waals surface area contributed by atoms with Gasteiger partial charge in [0.2, 0.25) is 0 Å². The predicted molar refractivity (Wildman–Crippen MR) is 199 cm³/mol. The second-order valence-corrected chi connectivity index (χ2v) is 15.5. The third kappa shape index (κ3) is 26.7. The van der Waals surface area contributed by atoms with E-state index in [4.69, 9.17) is 10.6 Å². The lowest BCUT2D eigenvalue weighted by molar-refractivity contribution is -0.927. The molecule has 12 nitrogen and oxygen atoms in total. The van der Waals surface area contributed by atoms with E-state index >= 15 is 0 Å². The predicted octanol–water partition coefficient (Wildman–Crippen LogP) is 5.95. The molecule has 0 aliphatic carbocycles. The van der Waals surface area contributed by atoms with Crippen molar-refractivity contribution in [2.75, 3.05) is 41.3 Å². The third-order valence-corrected chi connectivity index (χ3v) is 8.86. The van der Waals surface area contributed by atoms with Crippen LogP contribution < -0.4 is 11.3 Å². The molecule has 5 N–H and O–H groups in total. The zero-order chi connectivity index (χ0) is 39.0. The third-order valence-electron chi connectivity index (χ3n) is 8.86. The average molecular weight is 718 g/mol. The molecule has 2 fully saturated rings. The maximum absolute atomic E-state index is 12.7. The summed E-state index contributed by atoms with van der Waals surface area (Å²) in [6.07, 6.45) is 13.3. The molecule has 2 aliphatic heterocycles. The van der Waals surface area contributed by atoms with Crippen LogP contribution in [-0.4, -0.2) is 97.2 Å². The quantitative estimate of drug-likeness (QED) is 0.0224. The lowest BCUT2D eigenvalue weighted by Crippen LogP contribution is -2.59. The molecule has 8 atom stereocenters. The minimum absolute atomic E-state index is 0.129. The van der Waals surface area contributed by atoms with Gasteiger partial charge in [-0.05, 0) is 38.5 Å². The molecule has 2 heterocycles. The number of amides is 1. The molecular formula is C38H77N4O8+. The number of ether oxygens (including phenoxy) is 2. The average Bonchev–Trinajstić information content (AvgIpc) is 3.74. The van der Waals surface area contributed by atoms with Crippen molar-refractivity contribution in [3.8, 4) is 0 Å². The summed E-state index contributed by atoms with van der Waals surface area (Å²) in [5.74, 6) is 2.14. The van der Waals surface area contributed by atoms with E-state index in [2.05, 4.69) is 44.8 Å². The number of carbonyl (C=O) groups excluding carboxylic acids is 3. The number of carbonyl (C=O) groups is 4. The highest BCUT2D eigenvalue weighted by Gasteiger charge is 2.41. The minimum atomic E-state index is -0.945. The lowest BCUT2D eigenvalue weighted by atomic mass is 9.83. The summed E-state index contributed by atoms with van der Waals surface area (Å²) in [4.78, 5) is 46.9. The van der Waals surface area contributed by atoms with Crippen molar-refractivity contribution in [2.24, 2.45) is 41.4 Å². The van der Waals surface area contributed by atoms with Gasteiger partial charge in [0.1, 0.15) is 12.6 Å². The number of aliphatic hydroxyl groups excluding tert-OH is 1. The maximum atomic E-state index is 12.7. The van der Waals surface area contributed by atoms with Gasteiger partial charge in [-0.15, -0.1) is 0 Å². The first-order chi connectivity index (χ1) is 23.2. The summed E-state index contributed by atoms with van der Waals surface area (Å²) in [6.45, 7) is 17.1. The summed E-state index contributed by atoms with van der Waals surface area (Å²) >= 11 is 0. The number of unbranched alkanes of at least 4 members (excludes halogenated alkanes) is 6. The van der Waals surface area contributed by atoms with Crippen molar-refractivity contribution in [1.82, 2.24) is 10.4 Å². The van der Waals surface area contributed by atoms with Crippen molar-refractivity contribution < 1.29 is 43.5 Å². The van der Waals surface area contributed by atoms with Crippen LogP contribution in [0.5, 0.6) is 0 Å². The molecule has 50 heavy (non-hydrogen) atoms. The number of cyclic esters (lactones) is 2. The largest absolute Gasteiger partial charge is 0.481 e. The van der Waals surface area contributed by atoms with Crippen LogP contribution in [-0.2, 0) is 28.7 Å². The van der Waals surface area contributed by atoms with Crippen LogP contribution in [0.4, 0.5) is 0 Å². The summed E-state index contributed by atoms with van der Waals surface area (Å²) in [7, 11) is 7.14. The van der Waals surface area contributed by atoms with Crippen LogP contribution in [0.1, 0.15) is 132 Å². The topological polar surface area (TPSA) is 172 Å². The van der Waals surface area contributed by atoms with E-state index in [1.807, 2.05) is 0 Å². The molecule has 0 aromatic carbocycles. The van der Waals surface area contributed by atoms with Gasteiger partial charge in [0.15, 0.2) is 0 Å². The van der Waals surface area contributed by atoms with Crippen molar-refractivity contribution in [2.45, 2.75) is 145 Å². The summed E-state index contributed by atoms with van der Waals surface area (Å²) in [5.41, 5.74) is 2.88. The van der Waals surface area contributed by atoms with E-state index in [1.54, 1.807) is 49.0 Å². The minimum Gasteiger partial charge on any atom is -0.481 e. The first-order valence-corrected chi connectivity index (χ1v) is 19.0. The Morgan fingerprint density at radius 2 is 1.38 bits per heavy atom. The number of hydrazine groups is 1. The molecule has 2 rings (SSSR count). The molecule has 0 spiro atoms. The number of esters is 2. The van der Waals surface area contributed by atoms with Crippen LogP contribution in [0.15, 0.2) is 0 Å². The molecular weight excluding hydrogens is 640 g/mol. The fraction of sp³-hybridized carbons (Fsp3) is 0.895. The highest BCUT2D eigenvalue weighted by molar-refractivity contribution is 5.96. The Labute approximate surface area is 304 Å². The molecule has 0 aromatic rings. The van der Waals surface area contributed by atoms with Gasteiger partial charge in [-0.25, -0.2) is 10.0 Å². The Morgan fingerprint density at radius 3 is 1.74 bits per heavy atom. The number of quaternary nitrogens is 1. The first kappa shape index (κ1) is 50.0. The Balaban J connectivity index is 0. The number of nitrogens with one attached hydrogen (secondary N) is 1. The van der Waals surface area contributed by atoms with Crippen LogP contribution in [0.25, 0.3) is 0 Å². The summed E-state index contributed by atoms with van der Waals surface area (Å²) < 4.78 is 9.49. The van der Waals surface area contributed by atoms with Crippen LogP contribution in [0.2, 0.25) is 0 Å². The van der Waals surface area contributed by atoms with Gasteiger partial charge >= 0.3 is 17.9 Å². The number of carboxylic acids is 1. The number of hydrogen-bond donors (Lipinski definition) is 4. The Hall–Kier alpha value is -2.12. The van der Waals surface area contributed by atoms with E-state index in [-0.39, 0.29) is 34.3 Å². The zero-order valence-corrected chi connectivity index (χ0v) is 33.8. The number of hydrogen-bond acceptors (Lipinski definition) is 9. The van der Waals surface area contributed by atoms with Gasteiger partial charge in [-0.1, -0.05) is 106 Å². The number of carboxylic acid groups (broad SMARTS) is 1. The molecule has 0 saturated carbocycles. The van der Waals surface area contributed by atoms with Gasteiger partial charge in [-0.3, -0.25) is 30.0 Å². The van der Waals surface area contributed by atoms with Crippen molar-refractivity contribution in [1.29, 1.82) is 0 Å². The molecule has 0 radical (unpaired) electrons. The lowest BCUT2D eigenvalue weighted by Gasteiger charge is -2.33. The maximum Gasteiger partial charge on any atom is 0.317 e. The summed E-state index contributed by atoms with van der Waals surface area (Å²) in [6, 6.07) is 0. The molecule has 12 heteroatoms. The van der Waals surface area contributed by atoms with Crippen molar-refractivity contribution >= 4 is 23.8 Å². The molecule has 0 bridgehead atoms. The van der Waals surface area contributed by atoms with Gasteiger partial charge in [-0.2, -0.15) is 0 Å². The monoisotopic (exact) mass is 718 g/mol. The van der Waals surface area contributed by atoms with Gasteiger partial charge < -0.3 is 19.7 Å².